The Bertz CT molecular complexity index is 955. The van der Waals surface area contributed by atoms with Crippen molar-refractivity contribution in [3.05, 3.63) is 88.8 Å². The van der Waals surface area contributed by atoms with Crippen LogP contribution in [0.5, 0.6) is 0 Å². The molecule has 6 nitrogen and oxygen atoms in total. The average Bonchev–Trinajstić information content (AvgIpc) is 2.75. The highest BCUT2D eigenvalue weighted by atomic mass is 16.2. The molecule has 0 saturated heterocycles. The fraction of sp³-hybridized carbons (Fsp3) is 0.227. The second-order valence-corrected chi connectivity index (χ2v) is 6.33. The van der Waals surface area contributed by atoms with Crippen molar-refractivity contribution < 1.29 is 4.79 Å². The number of amides is 1. The van der Waals surface area contributed by atoms with E-state index < -0.39 is 0 Å². The minimum atomic E-state index is -0.285. The van der Waals surface area contributed by atoms with Crippen molar-refractivity contribution in [2.75, 3.05) is 24.5 Å². The van der Waals surface area contributed by atoms with Gasteiger partial charge in [0.2, 0.25) is 0 Å². The molecule has 6 heteroatoms. The number of rotatable bonds is 8. The third-order valence-corrected chi connectivity index (χ3v) is 4.43. The molecule has 1 N–H and O–H groups in total. The maximum Gasteiger partial charge on any atom is 0.271 e. The Morgan fingerprint density at radius 2 is 1.68 bits per heavy atom. The lowest BCUT2D eigenvalue weighted by Gasteiger charge is -2.23. The highest BCUT2D eigenvalue weighted by Crippen LogP contribution is 2.12. The van der Waals surface area contributed by atoms with Crippen LogP contribution >= 0.6 is 0 Å². The van der Waals surface area contributed by atoms with E-state index in [2.05, 4.69) is 34.4 Å². The van der Waals surface area contributed by atoms with E-state index >= 15 is 0 Å². The van der Waals surface area contributed by atoms with Gasteiger partial charge in [0, 0.05) is 31.4 Å². The number of carbonyl (C=O) groups excluding carboxylic acids is 1. The number of aromatic nitrogens is 2. The van der Waals surface area contributed by atoms with Gasteiger partial charge in [-0.25, -0.2) is 0 Å². The maximum atomic E-state index is 12.4. The number of nitrogens with zero attached hydrogens (tertiary/aromatic N) is 3. The molecule has 0 spiro atoms. The van der Waals surface area contributed by atoms with Gasteiger partial charge < -0.3 is 10.2 Å². The first-order valence-electron chi connectivity index (χ1n) is 9.43. The smallest absolute Gasteiger partial charge is 0.271 e. The third-order valence-electron chi connectivity index (χ3n) is 4.43. The number of para-hydroxylation sites is 2. The molecule has 3 rings (SSSR count). The molecule has 0 aliphatic carbocycles. The molecule has 0 unspecified atom stereocenters. The summed E-state index contributed by atoms with van der Waals surface area (Å²) >= 11 is 0. The molecule has 3 aromatic rings. The number of nitrogens with one attached hydrogen (secondary N) is 1. The highest BCUT2D eigenvalue weighted by molar-refractivity contribution is 5.92. The van der Waals surface area contributed by atoms with Gasteiger partial charge in [-0.2, -0.15) is 9.78 Å². The number of benzene rings is 2. The van der Waals surface area contributed by atoms with E-state index in [0.29, 0.717) is 12.2 Å². The number of anilines is 1. The van der Waals surface area contributed by atoms with Crippen molar-refractivity contribution in [2.24, 2.45) is 0 Å². The van der Waals surface area contributed by atoms with E-state index in [-0.39, 0.29) is 17.2 Å². The number of carbonyl (C=O) groups is 1. The van der Waals surface area contributed by atoms with Crippen LogP contribution in [0.3, 0.4) is 0 Å². The normalized spacial score (nSPS) is 10.5. The van der Waals surface area contributed by atoms with Gasteiger partial charge in [0.1, 0.15) is 5.69 Å². The molecule has 0 aliphatic heterocycles. The Morgan fingerprint density at radius 3 is 2.36 bits per heavy atom. The quantitative estimate of drug-likeness (QED) is 0.614. The molecule has 0 fully saturated rings. The van der Waals surface area contributed by atoms with Gasteiger partial charge in [0.25, 0.3) is 11.5 Å². The number of hydrogen-bond acceptors (Lipinski definition) is 4. The van der Waals surface area contributed by atoms with E-state index in [0.717, 1.165) is 19.5 Å². The Balaban J connectivity index is 1.57. The van der Waals surface area contributed by atoms with Crippen molar-refractivity contribution in [2.45, 2.75) is 13.3 Å². The first-order chi connectivity index (χ1) is 13.7. The van der Waals surface area contributed by atoms with Crippen LogP contribution < -0.4 is 15.8 Å². The predicted octanol–water partition coefficient (Wildman–Crippen LogP) is 2.88. The molecule has 1 aromatic heterocycles. The second-order valence-electron chi connectivity index (χ2n) is 6.33. The topological polar surface area (TPSA) is 67.2 Å². The molecule has 0 saturated carbocycles. The molecule has 28 heavy (non-hydrogen) atoms. The van der Waals surface area contributed by atoms with Gasteiger partial charge in [-0.05, 0) is 43.7 Å². The Hall–Kier alpha value is -3.41. The first-order valence-corrected chi connectivity index (χ1v) is 9.43. The van der Waals surface area contributed by atoms with E-state index in [4.69, 9.17) is 0 Å². The van der Waals surface area contributed by atoms with E-state index in [9.17, 15) is 9.59 Å². The van der Waals surface area contributed by atoms with Crippen molar-refractivity contribution in [1.29, 1.82) is 0 Å². The van der Waals surface area contributed by atoms with E-state index in [1.807, 2.05) is 36.4 Å². The fourth-order valence-corrected chi connectivity index (χ4v) is 2.96. The molecule has 0 atom stereocenters. The van der Waals surface area contributed by atoms with Crippen LogP contribution in [0.25, 0.3) is 5.69 Å². The Kier molecular flexibility index (Phi) is 6.57. The van der Waals surface area contributed by atoms with Gasteiger partial charge in [0.05, 0.1) is 5.69 Å². The van der Waals surface area contributed by atoms with Crippen LogP contribution in [0.2, 0.25) is 0 Å². The van der Waals surface area contributed by atoms with Crippen LogP contribution in [-0.4, -0.2) is 35.3 Å². The lowest BCUT2D eigenvalue weighted by molar-refractivity contribution is 0.0946. The standard InChI is InChI=1S/C22H24N4O2/c1-2-25(18-10-5-3-6-11-18)17-9-16-23-22(28)20-14-15-21(27)26(24-20)19-12-7-4-8-13-19/h3-8,10-15H,2,9,16-17H2,1H3,(H,23,28). The zero-order chi connectivity index (χ0) is 19.8. The van der Waals surface area contributed by atoms with Crippen molar-refractivity contribution in [3.8, 4) is 5.69 Å². The summed E-state index contributed by atoms with van der Waals surface area (Å²) < 4.78 is 1.24. The Labute approximate surface area is 164 Å². The van der Waals surface area contributed by atoms with Crippen LogP contribution in [0, 0.1) is 0 Å². The van der Waals surface area contributed by atoms with Gasteiger partial charge in [-0.15, -0.1) is 0 Å². The zero-order valence-electron chi connectivity index (χ0n) is 15.9. The first kappa shape index (κ1) is 19.4. The van der Waals surface area contributed by atoms with Gasteiger partial charge in [0.15, 0.2) is 0 Å². The monoisotopic (exact) mass is 376 g/mol. The van der Waals surface area contributed by atoms with Crippen molar-refractivity contribution in [3.63, 3.8) is 0 Å². The molecule has 1 amide bonds. The SMILES string of the molecule is CCN(CCCNC(=O)c1ccc(=O)n(-c2ccccc2)n1)c1ccccc1. The number of hydrogen-bond donors (Lipinski definition) is 1. The highest BCUT2D eigenvalue weighted by Gasteiger charge is 2.10. The van der Waals surface area contributed by atoms with Gasteiger partial charge in [-0.3, -0.25) is 9.59 Å². The van der Waals surface area contributed by atoms with Gasteiger partial charge >= 0.3 is 0 Å². The molecule has 0 aliphatic rings. The van der Waals surface area contributed by atoms with Gasteiger partial charge in [-0.1, -0.05) is 36.4 Å². The molecule has 2 aromatic carbocycles. The zero-order valence-corrected chi connectivity index (χ0v) is 15.9. The molecule has 0 bridgehead atoms. The lowest BCUT2D eigenvalue weighted by atomic mass is 10.2. The van der Waals surface area contributed by atoms with E-state index in [1.54, 1.807) is 12.1 Å². The summed E-state index contributed by atoms with van der Waals surface area (Å²) in [6.07, 6.45) is 0.812. The largest absolute Gasteiger partial charge is 0.372 e. The summed E-state index contributed by atoms with van der Waals surface area (Å²) in [5.74, 6) is -0.285. The predicted molar refractivity (Wildman–Crippen MR) is 111 cm³/mol. The van der Waals surface area contributed by atoms with Crippen LogP contribution in [-0.2, 0) is 0 Å². The Morgan fingerprint density at radius 1 is 1.00 bits per heavy atom. The molecular formula is C22H24N4O2. The molecule has 1 heterocycles. The summed E-state index contributed by atoms with van der Waals surface area (Å²) in [4.78, 5) is 26.7. The van der Waals surface area contributed by atoms with Crippen LogP contribution in [0.4, 0.5) is 5.69 Å². The van der Waals surface area contributed by atoms with E-state index in [1.165, 1.54) is 22.5 Å². The van der Waals surface area contributed by atoms with Crippen molar-refractivity contribution in [1.82, 2.24) is 15.1 Å². The summed E-state index contributed by atoms with van der Waals surface area (Å²) in [5, 5.41) is 7.09. The molecule has 0 radical (unpaired) electrons. The summed E-state index contributed by atoms with van der Waals surface area (Å²) in [6, 6.07) is 22.1. The maximum absolute atomic E-state index is 12.4. The summed E-state index contributed by atoms with van der Waals surface area (Å²) in [7, 11) is 0. The lowest BCUT2D eigenvalue weighted by Crippen LogP contribution is -2.32. The molecular weight excluding hydrogens is 352 g/mol. The fourth-order valence-electron chi connectivity index (χ4n) is 2.96. The van der Waals surface area contributed by atoms with Crippen LogP contribution in [0.1, 0.15) is 23.8 Å². The third kappa shape index (κ3) is 4.85. The summed E-state index contributed by atoms with van der Waals surface area (Å²) in [6.45, 7) is 4.40. The minimum absolute atomic E-state index is 0.221. The van der Waals surface area contributed by atoms with Crippen molar-refractivity contribution >= 4 is 11.6 Å². The summed E-state index contributed by atoms with van der Waals surface area (Å²) in [5.41, 5.74) is 1.75. The minimum Gasteiger partial charge on any atom is -0.372 e. The van der Waals surface area contributed by atoms with Crippen LogP contribution in [0.15, 0.2) is 77.6 Å². The second kappa shape index (κ2) is 9.50. The average molecular weight is 376 g/mol. The molecule has 144 valence electrons.